The Hall–Kier alpha value is -2.86. The fraction of sp³-hybridized carbons (Fsp3) is 0.462. The topological polar surface area (TPSA) is 70.7 Å². The Bertz CT molecular complexity index is 917. The molecule has 1 heterocycles. The molecule has 1 aliphatic rings. The largest absolute Gasteiger partial charge is 0.497 e. The van der Waals surface area contributed by atoms with E-state index < -0.39 is 0 Å². The molecule has 3 rings (SSSR count). The van der Waals surface area contributed by atoms with Crippen molar-refractivity contribution >= 4 is 17.5 Å². The molecule has 0 bridgehead atoms. The van der Waals surface area contributed by atoms with E-state index in [1.54, 1.807) is 7.11 Å². The van der Waals surface area contributed by atoms with Crippen LogP contribution in [0.5, 0.6) is 5.75 Å². The lowest BCUT2D eigenvalue weighted by Gasteiger charge is -2.29. The van der Waals surface area contributed by atoms with Gasteiger partial charge in [0.05, 0.1) is 20.2 Å². The predicted molar refractivity (Wildman–Crippen MR) is 128 cm³/mol. The number of anilines is 1. The van der Waals surface area contributed by atoms with E-state index in [9.17, 15) is 9.59 Å². The summed E-state index contributed by atoms with van der Waals surface area (Å²) in [5.74, 6) is 0.491. The molecule has 1 atom stereocenters. The maximum Gasteiger partial charge on any atom is 0.243 e. The van der Waals surface area contributed by atoms with Crippen LogP contribution >= 0.6 is 0 Å². The third kappa shape index (κ3) is 6.33. The number of aryl methyl sites for hydroxylation is 3. The van der Waals surface area contributed by atoms with Crippen LogP contribution in [0.15, 0.2) is 36.4 Å². The third-order valence-corrected chi connectivity index (χ3v) is 6.10. The SMILES string of the molecule is COc1ccc([C@H]2CCCCCN2CC(=O)NCC(=O)Nc2c(C)cc(C)cc2C)cc1. The van der Waals surface area contributed by atoms with Gasteiger partial charge < -0.3 is 15.4 Å². The Morgan fingerprint density at radius 1 is 1.00 bits per heavy atom. The highest BCUT2D eigenvalue weighted by atomic mass is 16.5. The molecule has 2 aromatic carbocycles. The second kappa shape index (κ2) is 11.1. The van der Waals surface area contributed by atoms with Crippen molar-refractivity contribution in [2.75, 3.05) is 32.1 Å². The number of methoxy groups -OCH3 is 1. The Morgan fingerprint density at radius 3 is 2.34 bits per heavy atom. The zero-order valence-electron chi connectivity index (χ0n) is 19.7. The van der Waals surface area contributed by atoms with E-state index in [1.165, 1.54) is 12.0 Å². The minimum Gasteiger partial charge on any atom is -0.497 e. The number of benzene rings is 2. The van der Waals surface area contributed by atoms with Crippen LogP contribution in [0.1, 0.15) is 54.0 Å². The van der Waals surface area contributed by atoms with Gasteiger partial charge in [-0.2, -0.15) is 0 Å². The van der Waals surface area contributed by atoms with Gasteiger partial charge >= 0.3 is 0 Å². The highest BCUT2D eigenvalue weighted by Crippen LogP contribution is 2.31. The summed E-state index contributed by atoms with van der Waals surface area (Å²) in [4.78, 5) is 27.4. The highest BCUT2D eigenvalue weighted by Gasteiger charge is 2.24. The Morgan fingerprint density at radius 2 is 1.69 bits per heavy atom. The number of ether oxygens (including phenoxy) is 1. The molecular weight excluding hydrogens is 402 g/mol. The first-order valence-corrected chi connectivity index (χ1v) is 11.4. The molecule has 1 saturated heterocycles. The maximum atomic E-state index is 12.7. The number of likely N-dealkylation sites (tertiary alicyclic amines) is 1. The number of nitrogens with one attached hydrogen (secondary N) is 2. The van der Waals surface area contributed by atoms with Gasteiger partial charge in [0.1, 0.15) is 5.75 Å². The average molecular weight is 438 g/mol. The number of amides is 2. The van der Waals surface area contributed by atoms with Crippen LogP contribution in [-0.4, -0.2) is 43.5 Å². The number of nitrogens with zero attached hydrogens (tertiary/aromatic N) is 1. The third-order valence-electron chi connectivity index (χ3n) is 6.10. The number of hydrogen-bond acceptors (Lipinski definition) is 4. The number of hydrogen-bond donors (Lipinski definition) is 2. The minimum atomic E-state index is -0.212. The van der Waals surface area contributed by atoms with E-state index in [0.29, 0.717) is 0 Å². The number of carbonyl (C=O) groups excluding carboxylic acids is 2. The van der Waals surface area contributed by atoms with Crippen LogP contribution in [0.2, 0.25) is 0 Å². The summed E-state index contributed by atoms with van der Waals surface area (Å²) >= 11 is 0. The van der Waals surface area contributed by atoms with Gasteiger partial charge in [0.2, 0.25) is 11.8 Å². The van der Waals surface area contributed by atoms with E-state index in [0.717, 1.165) is 53.9 Å². The molecule has 2 aromatic rings. The first kappa shape index (κ1) is 23.8. The summed E-state index contributed by atoms with van der Waals surface area (Å²) in [6, 6.07) is 12.4. The average Bonchev–Trinajstić information content (AvgIpc) is 3.00. The van der Waals surface area contributed by atoms with Gasteiger partial charge in [0.15, 0.2) is 0 Å². The van der Waals surface area contributed by atoms with Crippen LogP contribution in [-0.2, 0) is 9.59 Å². The summed E-state index contributed by atoms with van der Waals surface area (Å²) in [5, 5.41) is 5.74. The van der Waals surface area contributed by atoms with Gasteiger partial charge in [-0.1, -0.05) is 42.7 Å². The molecule has 1 fully saturated rings. The predicted octanol–water partition coefficient (Wildman–Crippen LogP) is 4.29. The Balaban J connectivity index is 1.57. The second-order valence-corrected chi connectivity index (χ2v) is 8.71. The standard InChI is InChI=1S/C26H35N3O3/c1-18-14-19(2)26(20(3)15-18)28-24(30)16-27-25(31)17-29-13-7-5-6-8-23(29)21-9-11-22(32-4)12-10-21/h9-12,14-15,23H,5-8,13,16-17H2,1-4H3,(H,27,31)(H,28,30)/t23-/m1/s1. The van der Waals surface area contributed by atoms with Gasteiger partial charge in [-0.25, -0.2) is 0 Å². The summed E-state index contributed by atoms with van der Waals surface area (Å²) in [6.07, 6.45) is 4.41. The van der Waals surface area contributed by atoms with Crippen LogP contribution in [0.3, 0.4) is 0 Å². The van der Waals surface area contributed by atoms with E-state index in [4.69, 9.17) is 4.74 Å². The summed E-state index contributed by atoms with van der Waals surface area (Å²) in [6.45, 7) is 7.12. The quantitative estimate of drug-likeness (QED) is 0.678. The van der Waals surface area contributed by atoms with Crippen molar-refractivity contribution in [3.05, 3.63) is 58.7 Å². The summed E-state index contributed by atoms with van der Waals surface area (Å²) in [5.41, 5.74) is 5.23. The molecule has 6 heteroatoms. The second-order valence-electron chi connectivity index (χ2n) is 8.71. The van der Waals surface area contributed by atoms with Gasteiger partial charge in [0, 0.05) is 11.7 Å². The Kier molecular flexibility index (Phi) is 8.28. The van der Waals surface area contributed by atoms with Crippen molar-refractivity contribution in [1.82, 2.24) is 10.2 Å². The molecule has 1 aliphatic heterocycles. The fourth-order valence-electron chi connectivity index (χ4n) is 4.54. The zero-order chi connectivity index (χ0) is 23.1. The lowest BCUT2D eigenvalue weighted by molar-refractivity contribution is -0.125. The summed E-state index contributed by atoms with van der Waals surface area (Å²) in [7, 11) is 1.66. The smallest absolute Gasteiger partial charge is 0.243 e. The molecule has 2 N–H and O–H groups in total. The highest BCUT2D eigenvalue weighted by molar-refractivity contribution is 5.96. The Labute approximate surface area is 191 Å². The van der Waals surface area contributed by atoms with Crippen molar-refractivity contribution in [2.45, 2.75) is 52.5 Å². The van der Waals surface area contributed by atoms with E-state index in [-0.39, 0.29) is 30.9 Å². The fourth-order valence-corrected chi connectivity index (χ4v) is 4.54. The van der Waals surface area contributed by atoms with Crippen LogP contribution < -0.4 is 15.4 Å². The molecule has 0 aromatic heterocycles. The van der Waals surface area contributed by atoms with E-state index >= 15 is 0 Å². The van der Waals surface area contributed by atoms with Gasteiger partial charge in [-0.3, -0.25) is 14.5 Å². The van der Waals surface area contributed by atoms with E-state index in [2.05, 4.69) is 27.7 Å². The zero-order valence-corrected chi connectivity index (χ0v) is 19.7. The van der Waals surface area contributed by atoms with Crippen LogP contribution in [0.4, 0.5) is 5.69 Å². The number of rotatable bonds is 7. The van der Waals surface area contributed by atoms with Crippen molar-refractivity contribution in [3.63, 3.8) is 0 Å². The van der Waals surface area contributed by atoms with E-state index in [1.807, 2.05) is 45.0 Å². The van der Waals surface area contributed by atoms with Crippen molar-refractivity contribution in [2.24, 2.45) is 0 Å². The molecule has 2 amide bonds. The molecule has 0 spiro atoms. The molecule has 0 radical (unpaired) electrons. The molecule has 0 aliphatic carbocycles. The van der Waals surface area contributed by atoms with Gasteiger partial charge in [-0.05, 0) is 69.0 Å². The maximum absolute atomic E-state index is 12.7. The first-order chi connectivity index (χ1) is 15.4. The monoisotopic (exact) mass is 437 g/mol. The van der Waals surface area contributed by atoms with Crippen molar-refractivity contribution < 1.29 is 14.3 Å². The minimum absolute atomic E-state index is 0.0351. The number of carbonyl (C=O) groups is 2. The van der Waals surface area contributed by atoms with Crippen LogP contribution in [0, 0.1) is 20.8 Å². The molecule has 32 heavy (non-hydrogen) atoms. The van der Waals surface area contributed by atoms with Crippen molar-refractivity contribution in [3.8, 4) is 5.75 Å². The molecule has 0 saturated carbocycles. The lowest BCUT2D eigenvalue weighted by atomic mass is 10.0. The van der Waals surface area contributed by atoms with Crippen molar-refractivity contribution in [1.29, 1.82) is 0 Å². The van der Waals surface area contributed by atoms with Gasteiger partial charge in [-0.15, -0.1) is 0 Å². The van der Waals surface area contributed by atoms with Gasteiger partial charge in [0.25, 0.3) is 0 Å². The first-order valence-electron chi connectivity index (χ1n) is 11.4. The lowest BCUT2D eigenvalue weighted by Crippen LogP contribution is -2.41. The normalized spacial score (nSPS) is 16.8. The molecule has 172 valence electrons. The molecular formula is C26H35N3O3. The molecule has 0 unspecified atom stereocenters. The summed E-state index contributed by atoms with van der Waals surface area (Å²) < 4.78 is 5.27. The molecule has 6 nitrogen and oxygen atoms in total. The van der Waals surface area contributed by atoms with Crippen LogP contribution in [0.25, 0.3) is 0 Å².